The fraction of sp³-hybridized carbons (Fsp3) is 0.467. The van der Waals surface area contributed by atoms with E-state index in [0.717, 1.165) is 12.8 Å². The molecule has 1 unspecified atom stereocenters. The van der Waals surface area contributed by atoms with Gasteiger partial charge in [-0.3, -0.25) is 9.59 Å². The van der Waals surface area contributed by atoms with Crippen LogP contribution in [0.3, 0.4) is 0 Å². The van der Waals surface area contributed by atoms with Crippen molar-refractivity contribution in [1.82, 2.24) is 4.90 Å². The number of nitrogen functional groups attached to an aromatic ring is 1. The van der Waals surface area contributed by atoms with Crippen LogP contribution >= 0.6 is 0 Å². The molecule has 1 saturated heterocycles. The van der Waals surface area contributed by atoms with Gasteiger partial charge in [0.1, 0.15) is 5.82 Å². The molecule has 0 aromatic heterocycles. The van der Waals surface area contributed by atoms with Crippen LogP contribution < -0.4 is 5.73 Å². The van der Waals surface area contributed by atoms with E-state index in [-0.39, 0.29) is 24.0 Å². The fourth-order valence-corrected chi connectivity index (χ4v) is 2.62. The number of nitrogens with zero attached hydrogens (tertiary/aromatic N) is 1. The second-order valence-corrected chi connectivity index (χ2v) is 5.17. The van der Waals surface area contributed by atoms with E-state index in [1.807, 2.05) is 0 Å². The Bertz CT molecular complexity index is 548. The molecule has 0 spiro atoms. The molecule has 6 heteroatoms. The first kappa shape index (κ1) is 15.3. The zero-order valence-corrected chi connectivity index (χ0v) is 12.0. The maximum Gasteiger partial charge on any atom is 0.307 e. The van der Waals surface area contributed by atoms with E-state index in [1.165, 1.54) is 25.3 Å². The van der Waals surface area contributed by atoms with Crippen LogP contribution in [-0.2, 0) is 9.53 Å². The van der Waals surface area contributed by atoms with E-state index >= 15 is 0 Å². The summed E-state index contributed by atoms with van der Waals surface area (Å²) in [6.07, 6.45) is 2.62. The predicted molar refractivity (Wildman–Crippen MR) is 76.1 cm³/mol. The van der Waals surface area contributed by atoms with Gasteiger partial charge in [-0.05, 0) is 37.5 Å². The highest BCUT2D eigenvalue weighted by Crippen LogP contribution is 2.24. The van der Waals surface area contributed by atoms with E-state index in [9.17, 15) is 14.0 Å². The average molecular weight is 294 g/mol. The number of methoxy groups -OCH3 is 1. The van der Waals surface area contributed by atoms with Crippen LogP contribution in [-0.4, -0.2) is 36.5 Å². The van der Waals surface area contributed by atoms with Crippen molar-refractivity contribution >= 4 is 17.6 Å². The number of amides is 1. The van der Waals surface area contributed by atoms with Crippen molar-refractivity contribution in [3.63, 3.8) is 0 Å². The maximum absolute atomic E-state index is 13.8. The van der Waals surface area contributed by atoms with Gasteiger partial charge in [0, 0.05) is 18.3 Å². The summed E-state index contributed by atoms with van der Waals surface area (Å²) in [6, 6.07) is 3.68. The lowest BCUT2D eigenvalue weighted by Gasteiger charge is -2.35. The van der Waals surface area contributed by atoms with E-state index in [0.29, 0.717) is 18.7 Å². The smallest absolute Gasteiger partial charge is 0.307 e. The molecule has 1 aliphatic heterocycles. The highest BCUT2D eigenvalue weighted by atomic mass is 19.1. The monoisotopic (exact) mass is 294 g/mol. The highest BCUT2D eigenvalue weighted by Gasteiger charge is 2.30. The number of hydrogen-bond donors (Lipinski definition) is 1. The van der Waals surface area contributed by atoms with Gasteiger partial charge in [0.2, 0.25) is 0 Å². The standard InChI is InChI=1S/C15H19FN2O3/c1-21-14(19)9-11-4-2-3-7-18(11)15(20)12-8-10(17)5-6-13(12)16/h5-6,8,11H,2-4,7,9,17H2,1H3. The Morgan fingerprint density at radius 2 is 2.19 bits per heavy atom. The molecule has 2 N–H and O–H groups in total. The number of rotatable bonds is 3. The molecule has 2 rings (SSSR count). The molecule has 0 saturated carbocycles. The van der Waals surface area contributed by atoms with Crippen molar-refractivity contribution in [3.8, 4) is 0 Å². The van der Waals surface area contributed by atoms with E-state index in [2.05, 4.69) is 4.74 Å². The van der Waals surface area contributed by atoms with E-state index in [1.54, 1.807) is 4.90 Å². The Morgan fingerprint density at radius 3 is 2.90 bits per heavy atom. The number of piperidine rings is 1. The van der Waals surface area contributed by atoms with E-state index < -0.39 is 11.7 Å². The largest absolute Gasteiger partial charge is 0.469 e. The first-order valence-corrected chi connectivity index (χ1v) is 6.95. The van der Waals surface area contributed by atoms with Crippen LogP contribution in [0.5, 0.6) is 0 Å². The molecule has 21 heavy (non-hydrogen) atoms. The van der Waals surface area contributed by atoms with Crippen LogP contribution in [0.15, 0.2) is 18.2 Å². The van der Waals surface area contributed by atoms with Crippen LogP contribution in [0.25, 0.3) is 0 Å². The molecule has 1 atom stereocenters. The molecule has 0 radical (unpaired) electrons. The first-order chi connectivity index (χ1) is 10.0. The zero-order valence-electron chi connectivity index (χ0n) is 12.0. The molecule has 1 aliphatic rings. The van der Waals surface area contributed by atoms with Crippen LogP contribution in [0, 0.1) is 5.82 Å². The SMILES string of the molecule is COC(=O)CC1CCCCN1C(=O)c1cc(N)ccc1F. The van der Waals surface area contributed by atoms with Crippen molar-refractivity contribution < 1.29 is 18.7 Å². The van der Waals surface area contributed by atoms with Gasteiger partial charge in [0.25, 0.3) is 5.91 Å². The minimum Gasteiger partial charge on any atom is -0.469 e. The number of ether oxygens (including phenoxy) is 1. The Morgan fingerprint density at radius 1 is 1.43 bits per heavy atom. The third-order valence-corrected chi connectivity index (χ3v) is 3.74. The lowest BCUT2D eigenvalue weighted by atomic mass is 9.98. The molecule has 0 aliphatic carbocycles. The number of esters is 1. The Labute approximate surface area is 122 Å². The molecular formula is C15H19FN2O3. The Balaban J connectivity index is 2.22. The van der Waals surface area contributed by atoms with Crippen LogP contribution in [0.4, 0.5) is 10.1 Å². The third kappa shape index (κ3) is 3.51. The van der Waals surface area contributed by atoms with Crippen molar-refractivity contribution in [2.75, 3.05) is 19.4 Å². The Hall–Kier alpha value is -2.11. The van der Waals surface area contributed by atoms with Gasteiger partial charge in [0.05, 0.1) is 19.1 Å². The molecule has 1 amide bonds. The van der Waals surface area contributed by atoms with Gasteiger partial charge in [-0.1, -0.05) is 0 Å². The summed E-state index contributed by atoms with van der Waals surface area (Å²) in [7, 11) is 1.31. The summed E-state index contributed by atoms with van der Waals surface area (Å²) in [5.41, 5.74) is 5.91. The number of benzene rings is 1. The predicted octanol–water partition coefficient (Wildman–Crippen LogP) is 1.97. The number of likely N-dealkylation sites (tertiary alicyclic amines) is 1. The number of nitrogens with two attached hydrogens (primary N) is 1. The van der Waals surface area contributed by atoms with Gasteiger partial charge in [-0.2, -0.15) is 0 Å². The lowest BCUT2D eigenvalue weighted by Crippen LogP contribution is -2.45. The minimum absolute atomic E-state index is 0.0493. The molecule has 5 nitrogen and oxygen atoms in total. The van der Waals surface area contributed by atoms with Gasteiger partial charge in [0.15, 0.2) is 0 Å². The van der Waals surface area contributed by atoms with Crippen molar-refractivity contribution in [3.05, 3.63) is 29.6 Å². The second kappa shape index (κ2) is 6.56. The van der Waals surface area contributed by atoms with Crippen molar-refractivity contribution in [1.29, 1.82) is 0 Å². The number of anilines is 1. The molecule has 1 aromatic carbocycles. The highest BCUT2D eigenvalue weighted by molar-refractivity contribution is 5.95. The molecule has 0 bridgehead atoms. The molecule has 114 valence electrons. The first-order valence-electron chi connectivity index (χ1n) is 6.95. The molecule has 1 aromatic rings. The average Bonchev–Trinajstić information content (AvgIpc) is 2.49. The normalized spacial score (nSPS) is 18.4. The minimum atomic E-state index is -0.600. The molecule has 1 heterocycles. The zero-order chi connectivity index (χ0) is 15.4. The number of hydrogen-bond acceptors (Lipinski definition) is 4. The topological polar surface area (TPSA) is 72.6 Å². The van der Waals surface area contributed by atoms with Crippen molar-refractivity contribution in [2.45, 2.75) is 31.7 Å². The van der Waals surface area contributed by atoms with Crippen molar-refractivity contribution in [2.24, 2.45) is 0 Å². The Kier molecular flexibility index (Phi) is 4.77. The van der Waals surface area contributed by atoms with Gasteiger partial charge in [-0.25, -0.2) is 4.39 Å². The fourth-order valence-electron chi connectivity index (χ4n) is 2.62. The van der Waals surface area contributed by atoms with E-state index in [4.69, 9.17) is 5.73 Å². The van der Waals surface area contributed by atoms with Gasteiger partial charge < -0.3 is 15.4 Å². The number of carbonyl (C=O) groups excluding carboxylic acids is 2. The van der Waals surface area contributed by atoms with Gasteiger partial charge in [-0.15, -0.1) is 0 Å². The second-order valence-electron chi connectivity index (χ2n) is 5.17. The van der Waals surface area contributed by atoms with Crippen LogP contribution in [0.1, 0.15) is 36.0 Å². The maximum atomic E-state index is 13.8. The number of halogens is 1. The number of carbonyl (C=O) groups is 2. The van der Waals surface area contributed by atoms with Crippen LogP contribution in [0.2, 0.25) is 0 Å². The summed E-state index contributed by atoms with van der Waals surface area (Å²) in [5, 5.41) is 0. The quantitative estimate of drug-likeness (QED) is 0.683. The molecular weight excluding hydrogens is 275 g/mol. The summed E-state index contributed by atoms with van der Waals surface area (Å²) in [6.45, 7) is 0.509. The third-order valence-electron chi connectivity index (χ3n) is 3.74. The summed E-state index contributed by atoms with van der Waals surface area (Å²) in [4.78, 5) is 25.5. The van der Waals surface area contributed by atoms with Gasteiger partial charge >= 0.3 is 5.97 Å². The summed E-state index contributed by atoms with van der Waals surface area (Å²) >= 11 is 0. The summed E-state index contributed by atoms with van der Waals surface area (Å²) < 4.78 is 18.5. The molecule has 1 fully saturated rings. The lowest BCUT2D eigenvalue weighted by molar-refractivity contribution is -0.142. The summed E-state index contributed by atoms with van der Waals surface area (Å²) in [5.74, 6) is -1.39.